The molecule has 0 spiro atoms. The van der Waals surface area contributed by atoms with Crippen LogP contribution in [0.25, 0.3) is 0 Å². The van der Waals surface area contributed by atoms with E-state index in [0.717, 1.165) is 5.56 Å². The summed E-state index contributed by atoms with van der Waals surface area (Å²) in [5.74, 6) is 0. The highest BCUT2D eigenvalue weighted by Crippen LogP contribution is 2.24. The van der Waals surface area contributed by atoms with E-state index >= 15 is 0 Å². The zero-order valence-electron chi connectivity index (χ0n) is 7.26. The van der Waals surface area contributed by atoms with Crippen molar-refractivity contribution >= 4 is 17.3 Å². The molecular formula is C9H13ClN2. The van der Waals surface area contributed by atoms with Crippen LogP contribution in [0.2, 0.25) is 5.02 Å². The number of nitrogen functional groups attached to an aromatic ring is 1. The molecule has 0 saturated carbocycles. The molecule has 0 amide bonds. The lowest BCUT2D eigenvalue weighted by atomic mass is 9.95. The first-order chi connectivity index (χ1) is 5.41. The third-order valence-electron chi connectivity index (χ3n) is 1.74. The van der Waals surface area contributed by atoms with Gasteiger partial charge in [0.2, 0.25) is 0 Å². The third kappa shape index (κ3) is 1.90. The lowest BCUT2D eigenvalue weighted by Gasteiger charge is -2.19. The number of rotatable bonds is 1. The summed E-state index contributed by atoms with van der Waals surface area (Å²) < 4.78 is 0. The van der Waals surface area contributed by atoms with Crippen LogP contribution in [-0.2, 0) is 5.54 Å². The Hall–Kier alpha value is -0.730. The maximum absolute atomic E-state index is 5.88. The van der Waals surface area contributed by atoms with Crippen LogP contribution in [0.15, 0.2) is 18.2 Å². The van der Waals surface area contributed by atoms with Crippen molar-refractivity contribution in [3.05, 3.63) is 28.8 Å². The minimum atomic E-state index is -0.362. The molecule has 2 nitrogen and oxygen atoms in total. The topological polar surface area (TPSA) is 52.0 Å². The van der Waals surface area contributed by atoms with Crippen LogP contribution in [0.1, 0.15) is 19.4 Å². The number of benzene rings is 1. The van der Waals surface area contributed by atoms with E-state index in [1.165, 1.54) is 0 Å². The average molecular weight is 185 g/mol. The van der Waals surface area contributed by atoms with Gasteiger partial charge in [-0.15, -0.1) is 0 Å². The fourth-order valence-electron chi connectivity index (χ4n) is 0.945. The van der Waals surface area contributed by atoms with Crippen molar-refractivity contribution in [2.75, 3.05) is 5.73 Å². The fourth-order valence-corrected chi connectivity index (χ4v) is 1.06. The van der Waals surface area contributed by atoms with Gasteiger partial charge in [-0.2, -0.15) is 0 Å². The lowest BCUT2D eigenvalue weighted by molar-refractivity contribution is 0.555. The molecule has 0 saturated heterocycles. The molecule has 0 heterocycles. The molecule has 0 atom stereocenters. The summed E-state index contributed by atoms with van der Waals surface area (Å²) in [7, 11) is 0. The first-order valence-corrected chi connectivity index (χ1v) is 4.13. The van der Waals surface area contributed by atoms with Gasteiger partial charge in [-0.05, 0) is 31.5 Å². The Kier molecular flexibility index (Phi) is 2.31. The van der Waals surface area contributed by atoms with Crippen molar-refractivity contribution in [2.45, 2.75) is 19.4 Å². The summed E-state index contributed by atoms with van der Waals surface area (Å²) in [5.41, 5.74) is 12.7. The standard InChI is InChI=1S/C9H13ClN2/c1-9(2,12)6-3-4-7(10)8(11)5-6/h3-5H,11-12H2,1-2H3. The molecular weight excluding hydrogens is 172 g/mol. The summed E-state index contributed by atoms with van der Waals surface area (Å²) in [6, 6.07) is 5.46. The van der Waals surface area contributed by atoms with Gasteiger partial charge in [0, 0.05) is 5.54 Å². The van der Waals surface area contributed by atoms with Crippen molar-refractivity contribution < 1.29 is 0 Å². The summed E-state index contributed by atoms with van der Waals surface area (Å²) in [6.45, 7) is 3.85. The van der Waals surface area contributed by atoms with Crippen molar-refractivity contribution in [1.82, 2.24) is 0 Å². The van der Waals surface area contributed by atoms with E-state index in [0.29, 0.717) is 10.7 Å². The van der Waals surface area contributed by atoms with E-state index in [2.05, 4.69) is 0 Å². The lowest BCUT2D eigenvalue weighted by Crippen LogP contribution is -2.28. The number of hydrogen-bond acceptors (Lipinski definition) is 2. The molecule has 66 valence electrons. The van der Waals surface area contributed by atoms with Crippen LogP contribution >= 0.6 is 11.6 Å². The monoisotopic (exact) mass is 184 g/mol. The molecule has 0 aromatic heterocycles. The molecule has 4 N–H and O–H groups in total. The van der Waals surface area contributed by atoms with E-state index in [1.807, 2.05) is 26.0 Å². The molecule has 12 heavy (non-hydrogen) atoms. The molecule has 1 aromatic carbocycles. The van der Waals surface area contributed by atoms with E-state index in [9.17, 15) is 0 Å². The average Bonchev–Trinajstić information content (AvgIpc) is 1.92. The summed E-state index contributed by atoms with van der Waals surface area (Å²) >= 11 is 5.76. The van der Waals surface area contributed by atoms with E-state index in [1.54, 1.807) is 6.07 Å². The van der Waals surface area contributed by atoms with Gasteiger partial charge < -0.3 is 11.5 Å². The maximum Gasteiger partial charge on any atom is 0.0635 e. The van der Waals surface area contributed by atoms with Gasteiger partial charge in [-0.3, -0.25) is 0 Å². The fraction of sp³-hybridized carbons (Fsp3) is 0.333. The number of anilines is 1. The summed E-state index contributed by atoms with van der Waals surface area (Å²) in [6.07, 6.45) is 0. The van der Waals surface area contributed by atoms with E-state index < -0.39 is 0 Å². The number of nitrogens with two attached hydrogens (primary N) is 2. The van der Waals surface area contributed by atoms with Gasteiger partial charge in [0.25, 0.3) is 0 Å². The predicted octanol–water partition coefficient (Wildman–Crippen LogP) is 2.12. The Bertz CT molecular complexity index is 289. The zero-order valence-corrected chi connectivity index (χ0v) is 8.02. The van der Waals surface area contributed by atoms with Gasteiger partial charge in [0.15, 0.2) is 0 Å². The molecule has 0 radical (unpaired) electrons. The highest BCUT2D eigenvalue weighted by atomic mass is 35.5. The van der Waals surface area contributed by atoms with Crippen LogP contribution in [0.3, 0.4) is 0 Å². The SMILES string of the molecule is CC(C)(N)c1ccc(Cl)c(N)c1. The predicted molar refractivity (Wildman–Crippen MR) is 53.1 cm³/mol. The Morgan fingerprint density at radius 2 is 1.92 bits per heavy atom. The van der Waals surface area contributed by atoms with Crippen LogP contribution in [0, 0.1) is 0 Å². The first kappa shape index (κ1) is 9.36. The van der Waals surface area contributed by atoms with Crippen molar-refractivity contribution in [1.29, 1.82) is 0 Å². The molecule has 1 aromatic rings. The third-order valence-corrected chi connectivity index (χ3v) is 2.08. The largest absolute Gasteiger partial charge is 0.398 e. The van der Waals surface area contributed by atoms with Gasteiger partial charge >= 0.3 is 0 Å². The molecule has 0 aliphatic heterocycles. The van der Waals surface area contributed by atoms with Gasteiger partial charge in [-0.25, -0.2) is 0 Å². The Labute approximate surface area is 77.5 Å². The second-order valence-corrected chi connectivity index (χ2v) is 3.87. The molecule has 0 bridgehead atoms. The van der Waals surface area contributed by atoms with Crippen LogP contribution in [0.5, 0.6) is 0 Å². The smallest absolute Gasteiger partial charge is 0.0635 e. The Morgan fingerprint density at radius 1 is 1.33 bits per heavy atom. The minimum absolute atomic E-state index is 0.362. The second kappa shape index (κ2) is 2.96. The number of hydrogen-bond donors (Lipinski definition) is 2. The molecule has 0 unspecified atom stereocenters. The highest BCUT2D eigenvalue weighted by molar-refractivity contribution is 6.33. The summed E-state index contributed by atoms with van der Waals surface area (Å²) in [4.78, 5) is 0. The Morgan fingerprint density at radius 3 is 2.33 bits per heavy atom. The molecule has 0 fully saturated rings. The maximum atomic E-state index is 5.88. The van der Waals surface area contributed by atoms with Gasteiger partial charge in [0.1, 0.15) is 0 Å². The molecule has 0 aliphatic rings. The minimum Gasteiger partial charge on any atom is -0.398 e. The van der Waals surface area contributed by atoms with Crippen LogP contribution in [-0.4, -0.2) is 0 Å². The highest BCUT2D eigenvalue weighted by Gasteiger charge is 2.14. The molecule has 0 aliphatic carbocycles. The zero-order chi connectivity index (χ0) is 9.35. The number of halogens is 1. The van der Waals surface area contributed by atoms with Gasteiger partial charge in [-0.1, -0.05) is 17.7 Å². The van der Waals surface area contributed by atoms with Crippen LogP contribution < -0.4 is 11.5 Å². The van der Waals surface area contributed by atoms with Crippen molar-refractivity contribution in [3.8, 4) is 0 Å². The van der Waals surface area contributed by atoms with Crippen molar-refractivity contribution in [2.24, 2.45) is 5.73 Å². The van der Waals surface area contributed by atoms with Gasteiger partial charge in [0.05, 0.1) is 10.7 Å². The molecule has 1 rings (SSSR count). The summed E-state index contributed by atoms with van der Waals surface area (Å²) in [5, 5.41) is 0.572. The van der Waals surface area contributed by atoms with Crippen molar-refractivity contribution in [3.63, 3.8) is 0 Å². The second-order valence-electron chi connectivity index (χ2n) is 3.46. The first-order valence-electron chi connectivity index (χ1n) is 3.75. The van der Waals surface area contributed by atoms with E-state index in [-0.39, 0.29) is 5.54 Å². The van der Waals surface area contributed by atoms with Crippen LogP contribution in [0.4, 0.5) is 5.69 Å². The molecule has 3 heteroatoms. The normalized spacial score (nSPS) is 11.7. The van der Waals surface area contributed by atoms with E-state index in [4.69, 9.17) is 23.1 Å². The quantitative estimate of drug-likeness (QED) is 0.657. The Balaban J connectivity index is 3.14.